The molecular formula is C14H17BrN2O3S2. The van der Waals surface area contributed by atoms with E-state index in [0.29, 0.717) is 16.4 Å². The SMILES string of the molecule is CC(C)c1cc(C2CCCN2S(=O)(=O)c2ccc(Br)s2)no1. The molecule has 1 aliphatic rings. The van der Waals surface area contributed by atoms with Crippen LogP contribution in [0, 0.1) is 0 Å². The van der Waals surface area contributed by atoms with Crippen molar-refractivity contribution in [2.45, 2.75) is 42.9 Å². The van der Waals surface area contributed by atoms with Crippen molar-refractivity contribution in [3.8, 4) is 0 Å². The highest BCUT2D eigenvalue weighted by Crippen LogP contribution is 2.39. The van der Waals surface area contributed by atoms with Crippen molar-refractivity contribution in [1.29, 1.82) is 0 Å². The summed E-state index contributed by atoms with van der Waals surface area (Å²) in [7, 11) is -3.49. The molecule has 0 amide bonds. The van der Waals surface area contributed by atoms with Gasteiger partial charge in [0.15, 0.2) is 0 Å². The van der Waals surface area contributed by atoms with Crippen LogP contribution in [-0.2, 0) is 10.0 Å². The quantitative estimate of drug-likeness (QED) is 0.767. The maximum Gasteiger partial charge on any atom is 0.253 e. The van der Waals surface area contributed by atoms with E-state index in [2.05, 4.69) is 21.1 Å². The molecule has 0 spiro atoms. The standard InChI is InChI=1S/C14H17BrN2O3S2/c1-9(2)12-8-10(16-20-12)11-4-3-7-17(11)22(18,19)14-6-5-13(15)21-14/h5-6,8-9,11H,3-4,7H2,1-2H3. The van der Waals surface area contributed by atoms with Crippen molar-refractivity contribution in [2.24, 2.45) is 0 Å². The van der Waals surface area contributed by atoms with Gasteiger partial charge in [-0.1, -0.05) is 19.0 Å². The zero-order valence-electron chi connectivity index (χ0n) is 12.3. The minimum Gasteiger partial charge on any atom is -0.361 e. The first kappa shape index (κ1) is 16.2. The zero-order chi connectivity index (χ0) is 15.9. The molecule has 1 atom stereocenters. The molecule has 8 heteroatoms. The van der Waals surface area contributed by atoms with Gasteiger partial charge in [-0.2, -0.15) is 4.31 Å². The second-order valence-electron chi connectivity index (χ2n) is 5.64. The van der Waals surface area contributed by atoms with Crippen molar-refractivity contribution in [1.82, 2.24) is 9.46 Å². The average molecular weight is 405 g/mol. The van der Waals surface area contributed by atoms with Gasteiger partial charge in [0.25, 0.3) is 10.0 Å². The zero-order valence-corrected chi connectivity index (χ0v) is 15.5. The van der Waals surface area contributed by atoms with Crippen LogP contribution in [0.2, 0.25) is 0 Å². The van der Waals surface area contributed by atoms with Gasteiger partial charge < -0.3 is 4.52 Å². The molecule has 3 heterocycles. The Labute approximate surface area is 142 Å². The Kier molecular flexibility index (Phi) is 4.46. The monoisotopic (exact) mass is 404 g/mol. The van der Waals surface area contributed by atoms with Crippen LogP contribution in [0.5, 0.6) is 0 Å². The molecule has 1 unspecified atom stereocenters. The molecule has 1 saturated heterocycles. The Morgan fingerprint density at radius 1 is 1.45 bits per heavy atom. The number of aromatic nitrogens is 1. The third-order valence-corrected chi connectivity index (χ3v) is 7.77. The highest BCUT2D eigenvalue weighted by molar-refractivity contribution is 9.11. The molecule has 2 aromatic rings. The fraction of sp³-hybridized carbons (Fsp3) is 0.500. The lowest BCUT2D eigenvalue weighted by molar-refractivity contribution is 0.338. The summed E-state index contributed by atoms with van der Waals surface area (Å²) in [5, 5.41) is 4.10. The van der Waals surface area contributed by atoms with Crippen LogP contribution in [0.15, 0.2) is 30.7 Å². The van der Waals surface area contributed by atoms with Gasteiger partial charge in [-0.05, 0) is 40.9 Å². The molecule has 0 radical (unpaired) electrons. The Morgan fingerprint density at radius 2 is 2.23 bits per heavy atom. The summed E-state index contributed by atoms with van der Waals surface area (Å²) in [5.41, 5.74) is 0.709. The van der Waals surface area contributed by atoms with Gasteiger partial charge in [-0.15, -0.1) is 11.3 Å². The maximum atomic E-state index is 12.8. The van der Waals surface area contributed by atoms with Crippen LogP contribution in [0.3, 0.4) is 0 Å². The summed E-state index contributed by atoms with van der Waals surface area (Å²) in [4.78, 5) is 0. The highest BCUT2D eigenvalue weighted by atomic mass is 79.9. The normalized spacial score (nSPS) is 20.1. The van der Waals surface area contributed by atoms with E-state index in [-0.39, 0.29) is 12.0 Å². The fourth-order valence-corrected chi connectivity index (χ4v) is 6.42. The van der Waals surface area contributed by atoms with Gasteiger partial charge in [-0.25, -0.2) is 8.42 Å². The van der Waals surface area contributed by atoms with E-state index < -0.39 is 10.0 Å². The number of hydrogen-bond donors (Lipinski definition) is 0. The molecule has 0 saturated carbocycles. The Morgan fingerprint density at radius 3 is 2.82 bits per heavy atom. The van der Waals surface area contributed by atoms with Gasteiger partial charge in [-0.3, -0.25) is 0 Å². The van der Waals surface area contributed by atoms with E-state index in [0.717, 1.165) is 22.4 Å². The van der Waals surface area contributed by atoms with E-state index in [9.17, 15) is 8.42 Å². The number of hydrogen-bond acceptors (Lipinski definition) is 5. The second-order valence-corrected chi connectivity index (χ2v) is 10.2. The van der Waals surface area contributed by atoms with E-state index in [4.69, 9.17) is 4.52 Å². The number of rotatable bonds is 4. The number of sulfonamides is 1. The minimum atomic E-state index is -3.49. The molecule has 120 valence electrons. The van der Waals surface area contributed by atoms with Crippen molar-refractivity contribution in [3.63, 3.8) is 0 Å². The predicted octanol–water partition coefficient (Wildman–Crippen LogP) is 4.15. The fourth-order valence-electron chi connectivity index (χ4n) is 2.61. The molecule has 3 rings (SSSR count). The van der Waals surface area contributed by atoms with Crippen LogP contribution in [0.4, 0.5) is 0 Å². The van der Waals surface area contributed by atoms with Crippen LogP contribution in [-0.4, -0.2) is 24.4 Å². The van der Waals surface area contributed by atoms with E-state index in [1.807, 2.05) is 19.9 Å². The van der Waals surface area contributed by atoms with Crippen LogP contribution < -0.4 is 0 Å². The lowest BCUT2D eigenvalue weighted by Gasteiger charge is -2.21. The molecule has 22 heavy (non-hydrogen) atoms. The topological polar surface area (TPSA) is 63.4 Å². The summed E-state index contributed by atoms with van der Waals surface area (Å²) in [6, 6.07) is 5.05. The molecule has 5 nitrogen and oxygen atoms in total. The van der Waals surface area contributed by atoms with Crippen molar-refractivity contribution in [2.75, 3.05) is 6.54 Å². The minimum absolute atomic E-state index is 0.234. The molecule has 2 aromatic heterocycles. The largest absolute Gasteiger partial charge is 0.361 e. The number of nitrogens with zero attached hydrogens (tertiary/aromatic N) is 2. The summed E-state index contributed by atoms with van der Waals surface area (Å²) in [5.74, 6) is 1.03. The third-order valence-electron chi connectivity index (χ3n) is 3.77. The summed E-state index contributed by atoms with van der Waals surface area (Å²) in [6.45, 7) is 4.57. The molecular weight excluding hydrogens is 388 g/mol. The maximum absolute atomic E-state index is 12.8. The molecule has 0 aromatic carbocycles. The Bertz CT molecular complexity index is 767. The van der Waals surface area contributed by atoms with E-state index >= 15 is 0 Å². The van der Waals surface area contributed by atoms with Gasteiger partial charge in [0.2, 0.25) is 0 Å². The molecule has 1 fully saturated rings. The number of thiophene rings is 1. The summed E-state index contributed by atoms with van der Waals surface area (Å²) < 4.78 is 33.7. The van der Waals surface area contributed by atoms with Crippen molar-refractivity contribution in [3.05, 3.63) is 33.4 Å². The van der Waals surface area contributed by atoms with Gasteiger partial charge in [0.1, 0.15) is 15.7 Å². The highest BCUT2D eigenvalue weighted by Gasteiger charge is 2.38. The predicted molar refractivity (Wildman–Crippen MR) is 88.5 cm³/mol. The van der Waals surface area contributed by atoms with Gasteiger partial charge in [0.05, 0.1) is 9.83 Å². The van der Waals surface area contributed by atoms with Crippen molar-refractivity contribution < 1.29 is 12.9 Å². The Hall–Kier alpha value is -0.700. The lowest BCUT2D eigenvalue weighted by atomic mass is 10.1. The van der Waals surface area contributed by atoms with Gasteiger partial charge in [0, 0.05) is 18.5 Å². The first-order chi connectivity index (χ1) is 10.4. The van der Waals surface area contributed by atoms with Crippen LogP contribution in [0.1, 0.15) is 50.1 Å². The first-order valence-electron chi connectivity index (χ1n) is 7.13. The van der Waals surface area contributed by atoms with Crippen LogP contribution in [0.25, 0.3) is 0 Å². The molecule has 0 bridgehead atoms. The lowest BCUT2D eigenvalue weighted by Crippen LogP contribution is -2.30. The second kappa shape index (κ2) is 6.07. The van der Waals surface area contributed by atoms with Crippen LogP contribution >= 0.6 is 27.3 Å². The molecule has 0 aliphatic carbocycles. The van der Waals surface area contributed by atoms with Crippen molar-refractivity contribution >= 4 is 37.3 Å². The summed E-state index contributed by atoms with van der Waals surface area (Å²) in [6.07, 6.45) is 1.61. The molecule has 0 N–H and O–H groups in total. The third kappa shape index (κ3) is 2.89. The Balaban J connectivity index is 1.92. The first-order valence-corrected chi connectivity index (χ1v) is 10.2. The number of halogens is 1. The summed E-state index contributed by atoms with van der Waals surface area (Å²) >= 11 is 4.55. The van der Waals surface area contributed by atoms with E-state index in [1.54, 1.807) is 16.4 Å². The average Bonchev–Trinajstić information content (AvgIpc) is 3.18. The smallest absolute Gasteiger partial charge is 0.253 e. The molecule has 1 aliphatic heterocycles. The van der Waals surface area contributed by atoms with Gasteiger partial charge >= 0.3 is 0 Å². The van der Waals surface area contributed by atoms with E-state index in [1.165, 1.54) is 11.3 Å².